The Balaban J connectivity index is 1.42. The third-order valence-electron chi connectivity index (χ3n) is 5.19. The molecule has 0 fully saturated rings. The average Bonchev–Trinajstić information content (AvgIpc) is 3.12. The number of fused-ring (bicyclic) bond motifs is 1. The molecule has 1 aromatic heterocycles. The Kier molecular flexibility index (Phi) is 6.48. The van der Waals surface area contributed by atoms with E-state index in [2.05, 4.69) is 11.1 Å². The number of carbonyl (C=O) groups is 1. The molecule has 2 heterocycles. The summed E-state index contributed by atoms with van der Waals surface area (Å²) < 4.78 is 44.1. The molecule has 32 heavy (non-hydrogen) atoms. The van der Waals surface area contributed by atoms with Gasteiger partial charge in [0.15, 0.2) is 0 Å². The Bertz CT molecular complexity index is 1130. The number of thiazole rings is 1. The number of carboxylic acids is 1. The molecule has 0 amide bonds. The Morgan fingerprint density at radius 2 is 2.00 bits per heavy atom. The third kappa shape index (κ3) is 5.27. The minimum absolute atomic E-state index is 0.00185. The van der Waals surface area contributed by atoms with E-state index in [0.717, 1.165) is 45.3 Å². The summed E-state index contributed by atoms with van der Waals surface area (Å²) in [5, 5.41) is 9.65. The number of rotatable bonds is 6. The fourth-order valence-corrected chi connectivity index (χ4v) is 5.66. The predicted octanol–water partition coefficient (Wildman–Crippen LogP) is 6.60. The van der Waals surface area contributed by atoms with Gasteiger partial charge in [-0.15, -0.1) is 23.1 Å². The minimum atomic E-state index is -4.35. The molecule has 1 N–H and O–H groups in total. The Morgan fingerprint density at radius 3 is 2.69 bits per heavy atom. The summed E-state index contributed by atoms with van der Waals surface area (Å²) in [5.41, 5.74) is 1.94. The van der Waals surface area contributed by atoms with Gasteiger partial charge < -0.3 is 9.84 Å². The van der Waals surface area contributed by atoms with Crippen molar-refractivity contribution in [1.29, 1.82) is 0 Å². The van der Waals surface area contributed by atoms with Gasteiger partial charge in [-0.2, -0.15) is 13.2 Å². The van der Waals surface area contributed by atoms with Crippen molar-refractivity contribution in [1.82, 2.24) is 4.98 Å². The van der Waals surface area contributed by atoms with Crippen LogP contribution in [0.5, 0.6) is 5.75 Å². The number of aromatic nitrogens is 1. The van der Waals surface area contributed by atoms with Crippen LogP contribution < -0.4 is 4.74 Å². The molecule has 0 aliphatic carbocycles. The van der Waals surface area contributed by atoms with E-state index in [9.17, 15) is 18.0 Å². The van der Waals surface area contributed by atoms with Crippen molar-refractivity contribution in [2.24, 2.45) is 0 Å². The molecule has 4 nitrogen and oxygen atoms in total. The lowest BCUT2D eigenvalue weighted by molar-refractivity contribution is -0.139. The number of hydrogen-bond donors (Lipinski definition) is 1. The van der Waals surface area contributed by atoms with Gasteiger partial charge in [-0.25, -0.2) is 4.98 Å². The van der Waals surface area contributed by atoms with Crippen LogP contribution in [0.2, 0.25) is 0 Å². The van der Waals surface area contributed by atoms with Crippen molar-refractivity contribution in [2.75, 3.05) is 0 Å². The Labute approximate surface area is 191 Å². The van der Waals surface area contributed by atoms with Crippen molar-refractivity contribution in [3.63, 3.8) is 0 Å². The summed E-state index contributed by atoms with van der Waals surface area (Å²) in [6.07, 6.45) is -3.18. The van der Waals surface area contributed by atoms with E-state index in [1.165, 1.54) is 23.5 Å². The summed E-state index contributed by atoms with van der Waals surface area (Å²) in [7, 11) is 0. The molecule has 9 heteroatoms. The number of thioether (sulfide) groups is 1. The highest BCUT2D eigenvalue weighted by Crippen LogP contribution is 2.37. The first-order valence-electron chi connectivity index (χ1n) is 9.97. The maximum Gasteiger partial charge on any atom is 0.416 e. The zero-order valence-corrected chi connectivity index (χ0v) is 18.7. The second-order valence-electron chi connectivity index (χ2n) is 7.54. The monoisotopic (exact) mass is 479 g/mol. The first-order chi connectivity index (χ1) is 15.2. The fraction of sp³-hybridized carbons (Fsp3) is 0.304. The van der Waals surface area contributed by atoms with Crippen LogP contribution in [0.1, 0.15) is 34.5 Å². The number of halogens is 3. The molecule has 0 radical (unpaired) electrons. The molecule has 1 atom stereocenters. The second kappa shape index (κ2) is 9.15. The van der Waals surface area contributed by atoms with E-state index in [1.54, 1.807) is 11.8 Å². The summed E-state index contributed by atoms with van der Waals surface area (Å²) in [6.45, 7) is 1.91. The Hall–Kier alpha value is -2.52. The normalized spacial score (nSPS) is 15.8. The molecule has 3 aromatic rings. The van der Waals surface area contributed by atoms with E-state index in [1.807, 2.05) is 19.1 Å². The molecule has 2 aromatic carbocycles. The Morgan fingerprint density at radius 1 is 1.25 bits per heavy atom. The van der Waals surface area contributed by atoms with Crippen LogP contribution in [0.3, 0.4) is 0 Å². The molecule has 4 rings (SSSR count). The van der Waals surface area contributed by atoms with Crippen LogP contribution in [0, 0.1) is 6.92 Å². The lowest BCUT2D eigenvalue weighted by Gasteiger charge is -2.25. The van der Waals surface area contributed by atoms with Crippen molar-refractivity contribution >= 4 is 29.1 Å². The smallest absolute Gasteiger partial charge is 0.416 e. The minimum Gasteiger partial charge on any atom is -0.490 e. The van der Waals surface area contributed by atoms with Gasteiger partial charge in [0.25, 0.3) is 0 Å². The summed E-state index contributed by atoms with van der Waals surface area (Å²) in [4.78, 5) is 17.6. The molecular weight excluding hydrogens is 459 g/mol. The van der Waals surface area contributed by atoms with Gasteiger partial charge in [-0.05, 0) is 55.7 Å². The SMILES string of the molecule is Cc1nc(-c2ccc(C(F)(F)F)cc2)sc1CSc1ccc2c(c1)CCC(CC(=O)O)O2. The number of nitrogens with zero attached hydrogens (tertiary/aromatic N) is 1. The van der Waals surface area contributed by atoms with E-state index in [-0.39, 0.29) is 12.5 Å². The fourth-order valence-electron chi connectivity index (χ4n) is 3.49. The van der Waals surface area contributed by atoms with Crippen LogP contribution in [0.25, 0.3) is 10.6 Å². The largest absolute Gasteiger partial charge is 0.490 e. The topological polar surface area (TPSA) is 59.4 Å². The van der Waals surface area contributed by atoms with Crippen LogP contribution in [0.4, 0.5) is 13.2 Å². The number of hydrogen-bond acceptors (Lipinski definition) is 5. The van der Waals surface area contributed by atoms with Crippen molar-refractivity contribution in [2.45, 2.75) is 49.1 Å². The summed E-state index contributed by atoms with van der Waals surface area (Å²) >= 11 is 3.14. The molecular formula is C23H20F3NO3S2. The molecule has 0 saturated heterocycles. The molecule has 1 aliphatic rings. The number of ether oxygens (including phenoxy) is 1. The molecule has 1 aliphatic heterocycles. The number of alkyl halides is 3. The zero-order chi connectivity index (χ0) is 22.9. The number of aryl methyl sites for hydroxylation is 2. The van der Waals surface area contributed by atoms with Gasteiger partial charge in [0.2, 0.25) is 0 Å². The van der Waals surface area contributed by atoms with Crippen molar-refractivity contribution < 1.29 is 27.8 Å². The highest BCUT2D eigenvalue weighted by Gasteiger charge is 2.30. The highest BCUT2D eigenvalue weighted by atomic mass is 32.2. The predicted molar refractivity (Wildman–Crippen MR) is 118 cm³/mol. The quantitative estimate of drug-likeness (QED) is 0.404. The second-order valence-corrected chi connectivity index (χ2v) is 9.67. The first kappa shape index (κ1) is 22.7. The van der Waals surface area contributed by atoms with Crippen LogP contribution >= 0.6 is 23.1 Å². The van der Waals surface area contributed by atoms with Crippen LogP contribution in [-0.4, -0.2) is 22.2 Å². The number of benzene rings is 2. The number of carboxylic acid groups (broad SMARTS) is 1. The third-order valence-corrected chi connectivity index (χ3v) is 7.59. The van der Waals surface area contributed by atoms with E-state index in [0.29, 0.717) is 22.7 Å². The molecule has 168 valence electrons. The number of aliphatic carboxylic acids is 1. The molecule has 0 bridgehead atoms. The standard InChI is InChI=1S/C23H20F3NO3S2/c1-13-20(32-22(27-13)14-2-5-16(6-3-14)23(24,25)26)12-31-18-8-9-19-15(10-18)4-7-17(30-19)11-21(28)29/h2-3,5-6,8-10,17H,4,7,11-12H2,1H3,(H,28,29). The van der Waals surface area contributed by atoms with Crippen molar-refractivity contribution in [3.05, 3.63) is 64.2 Å². The van der Waals surface area contributed by atoms with Crippen LogP contribution in [0.15, 0.2) is 47.4 Å². The van der Waals surface area contributed by atoms with Gasteiger partial charge in [-0.3, -0.25) is 4.79 Å². The lowest BCUT2D eigenvalue weighted by Crippen LogP contribution is -2.25. The summed E-state index contributed by atoms with van der Waals surface area (Å²) in [6, 6.07) is 11.0. The zero-order valence-electron chi connectivity index (χ0n) is 17.1. The van der Waals surface area contributed by atoms with Gasteiger partial charge >= 0.3 is 12.1 Å². The molecule has 0 saturated carbocycles. The van der Waals surface area contributed by atoms with Crippen LogP contribution in [-0.2, 0) is 23.1 Å². The molecule has 1 unspecified atom stereocenters. The van der Waals surface area contributed by atoms with Gasteiger partial charge in [0.1, 0.15) is 16.9 Å². The maximum absolute atomic E-state index is 12.8. The van der Waals surface area contributed by atoms with E-state index < -0.39 is 17.7 Å². The van der Waals surface area contributed by atoms with Crippen molar-refractivity contribution in [3.8, 4) is 16.3 Å². The van der Waals surface area contributed by atoms with Gasteiger partial charge in [-0.1, -0.05) is 12.1 Å². The lowest BCUT2D eigenvalue weighted by atomic mass is 10.0. The first-order valence-corrected chi connectivity index (χ1v) is 11.8. The highest BCUT2D eigenvalue weighted by molar-refractivity contribution is 7.98. The van der Waals surface area contributed by atoms with Gasteiger partial charge in [0, 0.05) is 21.1 Å². The maximum atomic E-state index is 12.8. The average molecular weight is 480 g/mol. The van der Waals surface area contributed by atoms with Gasteiger partial charge in [0.05, 0.1) is 17.7 Å². The summed E-state index contributed by atoms with van der Waals surface area (Å²) in [5.74, 6) is 0.581. The van der Waals surface area contributed by atoms with E-state index >= 15 is 0 Å². The molecule has 0 spiro atoms. The van der Waals surface area contributed by atoms with E-state index in [4.69, 9.17) is 9.84 Å².